The molecule has 0 radical (unpaired) electrons. The van der Waals surface area contributed by atoms with Crippen LogP contribution in [0.1, 0.15) is 5.56 Å². The lowest BCUT2D eigenvalue weighted by Gasteiger charge is -2.09. The van der Waals surface area contributed by atoms with E-state index in [1.165, 1.54) is 0 Å². The molecule has 0 unspecified atom stereocenters. The van der Waals surface area contributed by atoms with Crippen molar-refractivity contribution in [2.24, 2.45) is 7.05 Å². The molecule has 0 atom stereocenters. The minimum Gasteiger partial charge on any atom is -0.381 e. The van der Waals surface area contributed by atoms with Gasteiger partial charge in [0.15, 0.2) is 11.6 Å². The molecule has 24 heavy (non-hydrogen) atoms. The van der Waals surface area contributed by atoms with Crippen LogP contribution in [0.3, 0.4) is 0 Å². The Morgan fingerprint density at radius 3 is 2.92 bits per heavy atom. The molecule has 8 nitrogen and oxygen atoms in total. The van der Waals surface area contributed by atoms with Crippen molar-refractivity contribution >= 4 is 17.3 Å². The quantitative estimate of drug-likeness (QED) is 0.594. The Kier molecular flexibility index (Phi) is 3.34. The van der Waals surface area contributed by atoms with Crippen LogP contribution in [0.2, 0.25) is 0 Å². The molecule has 120 valence electrons. The highest BCUT2D eigenvalue weighted by atomic mass is 15.2. The predicted molar refractivity (Wildman–Crippen MR) is 91.2 cm³/mol. The van der Waals surface area contributed by atoms with E-state index in [2.05, 4.69) is 25.4 Å². The highest BCUT2D eigenvalue weighted by molar-refractivity contribution is 5.64. The summed E-state index contributed by atoms with van der Waals surface area (Å²) in [7, 11) is 1.86. The van der Waals surface area contributed by atoms with Crippen LogP contribution in [-0.2, 0) is 13.6 Å². The molecule has 0 aromatic carbocycles. The van der Waals surface area contributed by atoms with Gasteiger partial charge in [-0.25, -0.2) is 15.0 Å². The summed E-state index contributed by atoms with van der Waals surface area (Å²) in [5.74, 6) is 0.924. The van der Waals surface area contributed by atoms with Crippen molar-refractivity contribution in [3.63, 3.8) is 0 Å². The van der Waals surface area contributed by atoms with E-state index in [1.807, 2.05) is 42.2 Å². The second-order valence-corrected chi connectivity index (χ2v) is 5.48. The van der Waals surface area contributed by atoms with Gasteiger partial charge in [-0.1, -0.05) is 6.07 Å². The average Bonchev–Trinajstić information content (AvgIpc) is 3.22. The van der Waals surface area contributed by atoms with E-state index in [9.17, 15) is 0 Å². The number of pyridine rings is 1. The molecule has 4 aromatic rings. The van der Waals surface area contributed by atoms with Crippen LogP contribution in [-0.4, -0.2) is 29.1 Å². The van der Waals surface area contributed by atoms with Gasteiger partial charge in [0.25, 0.3) is 0 Å². The summed E-state index contributed by atoms with van der Waals surface area (Å²) in [6.45, 7) is 0.587. The molecule has 0 bridgehead atoms. The van der Waals surface area contributed by atoms with Crippen molar-refractivity contribution in [1.82, 2.24) is 29.1 Å². The second-order valence-electron chi connectivity index (χ2n) is 5.48. The minimum atomic E-state index is 0.367. The number of rotatable bonds is 4. The Balaban J connectivity index is 1.57. The van der Waals surface area contributed by atoms with E-state index < -0.39 is 0 Å². The molecule has 0 amide bonds. The molecule has 0 aliphatic heterocycles. The maximum Gasteiger partial charge on any atom is 0.169 e. The second kappa shape index (κ2) is 5.65. The van der Waals surface area contributed by atoms with Gasteiger partial charge in [0.2, 0.25) is 0 Å². The summed E-state index contributed by atoms with van der Waals surface area (Å²) in [6.07, 6.45) is 11.0. The van der Waals surface area contributed by atoms with Gasteiger partial charge in [0, 0.05) is 43.9 Å². The van der Waals surface area contributed by atoms with Crippen LogP contribution in [0, 0.1) is 0 Å². The molecule has 0 aliphatic carbocycles. The normalized spacial score (nSPS) is 11.0. The largest absolute Gasteiger partial charge is 0.381 e. The molecule has 0 saturated carbocycles. The van der Waals surface area contributed by atoms with Gasteiger partial charge in [-0.15, -0.1) is 0 Å². The maximum atomic E-state index is 5.94. The fourth-order valence-corrected chi connectivity index (χ4v) is 2.48. The molecule has 0 fully saturated rings. The van der Waals surface area contributed by atoms with E-state index in [4.69, 9.17) is 5.73 Å². The van der Waals surface area contributed by atoms with Crippen LogP contribution >= 0.6 is 0 Å². The third-order valence-electron chi connectivity index (χ3n) is 3.71. The predicted octanol–water partition coefficient (Wildman–Crippen LogP) is 1.72. The molecular formula is C16H16N8. The fraction of sp³-hybridized carbons (Fsp3) is 0.125. The first kappa shape index (κ1) is 14.2. The van der Waals surface area contributed by atoms with E-state index in [0.29, 0.717) is 18.2 Å². The lowest BCUT2D eigenvalue weighted by atomic mass is 10.2. The van der Waals surface area contributed by atoms with Gasteiger partial charge < -0.3 is 15.5 Å². The number of imidazole rings is 1. The highest BCUT2D eigenvalue weighted by Gasteiger charge is 2.08. The van der Waals surface area contributed by atoms with Crippen LogP contribution in [0.5, 0.6) is 0 Å². The number of anilines is 2. The summed E-state index contributed by atoms with van der Waals surface area (Å²) in [5, 5.41) is 7.39. The molecular weight excluding hydrogens is 304 g/mol. The van der Waals surface area contributed by atoms with E-state index in [1.54, 1.807) is 23.3 Å². The van der Waals surface area contributed by atoms with Crippen molar-refractivity contribution in [3.8, 4) is 11.3 Å². The number of hydrogen-bond donors (Lipinski definition) is 2. The summed E-state index contributed by atoms with van der Waals surface area (Å²) in [5.41, 5.74) is 9.57. The molecule has 0 aliphatic rings. The molecule has 4 heterocycles. The summed E-state index contributed by atoms with van der Waals surface area (Å²) < 4.78 is 3.69. The van der Waals surface area contributed by atoms with Crippen molar-refractivity contribution in [2.45, 2.75) is 6.54 Å². The Morgan fingerprint density at radius 1 is 1.17 bits per heavy atom. The summed E-state index contributed by atoms with van der Waals surface area (Å²) >= 11 is 0. The Morgan fingerprint density at radius 2 is 2.08 bits per heavy atom. The summed E-state index contributed by atoms with van der Waals surface area (Å²) in [6, 6.07) is 3.99. The van der Waals surface area contributed by atoms with Gasteiger partial charge >= 0.3 is 0 Å². The van der Waals surface area contributed by atoms with E-state index in [0.717, 1.165) is 22.5 Å². The standard InChI is InChI=1S/C16H16N8/c1-23-10-12(7-21-23)13-8-19-15(17)16(22-13)20-6-11-2-3-14-18-4-5-24(14)9-11/h2-5,7-10H,6H2,1H3,(H2,17,19)(H,20,22). The van der Waals surface area contributed by atoms with Gasteiger partial charge in [-0.05, 0) is 11.6 Å². The lowest BCUT2D eigenvalue weighted by molar-refractivity contribution is 0.768. The number of nitrogen functional groups attached to an aromatic ring is 1. The number of nitrogens with two attached hydrogens (primary N) is 1. The zero-order valence-electron chi connectivity index (χ0n) is 13.1. The molecule has 3 N–H and O–H groups in total. The topological polar surface area (TPSA) is 99.0 Å². The lowest BCUT2D eigenvalue weighted by Crippen LogP contribution is -2.07. The van der Waals surface area contributed by atoms with Crippen molar-refractivity contribution < 1.29 is 0 Å². The van der Waals surface area contributed by atoms with Crippen molar-refractivity contribution in [1.29, 1.82) is 0 Å². The molecule has 8 heteroatoms. The van der Waals surface area contributed by atoms with E-state index in [-0.39, 0.29) is 0 Å². The highest BCUT2D eigenvalue weighted by Crippen LogP contribution is 2.21. The number of aromatic nitrogens is 6. The third-order valence-corrected chi connectivity index (χ3v) is 3.71. The Labute approximate surface area is 138 Å². The first-order valence-electron chi connectivity index (χ1n) is 7.46. The zero-order chi connectivity index (χ0) is 16.5. The Hall–Kier alpha value is -3.42. The van der Waals surface area contributed by atoms with Crippen LogP contribution in [0.25, 0.3) is 16.9 Å². The minimum absolute atomic E-state index is 0.367. The van der Waals surface area contributed by atoms with Crippen LogP contribution in [0.15, 0.2) is 49.3 Å². The molecule has 4 aromatic heterocycles. The van der Waals surface area contributed by atoms with Crippen LogP contribution in [0.4, 0.5) is 11.6 Å². The smallest absolute Gasteiger partial charge is 0.169 e. The van der Waals surface area contributed by atoms with Gasteiger partial charge in [0.05, 0.1) is 18.1 Å². The number of nitrogens with zero attached hydrogens (tertiary/aromatic N) is 6. The third kappa shape index (κ3) is 2.65. The average molecular weight is 320 g/mol. The van der Waals surface area contributed by atoms with Crippen LogP contribution < -0.4 is 11.1 Å². The maximum absolute atomic E-state index is 5.94. The van der Waals surface area contributed by atoms with Crippen molar-refractivity contribution in [3.05, 3.63) is 54.9 Å². The van der Waals surface area contributed by atoms with Gasteiger partial charge in [0.1, 0.15) is 5.65 Å². The number of hydrogen-bond acceptors (Lipinski definition) is 6. The molecule has 0 spiro atoms. The number of aryl methyl sites for hydroxylation is 1. The first-order valence-corrected chi connectivity index (χ1v) is 7.46. The van der Waals surface area contributed by atoms with Gasteiger partial charge in [-0.2, -0.15) is 5.10 Å². The fourth-order valence-electron chi connectivity index (χ4n) is 2.48. The first-order chi connectivity index (χ1) is 11.7. The van der Waals surface area contributed by atoms with Gasteiger partial charge in [-0.3, -0.25) is 4.68 Å². The SMILES string of the molecule is Cn1cc(-c2cnc(N)c(NCc3ccc4nccn4c3)n2)cn1. The Bertz CT molecular complexity index is 1000. The zero-order valence-corrected chi connectivity index (χ0v) is 13.1. The molecule has 0 saturated heterocycles. The molecule has 4 rings (SSSR count). The number of fused-ring (bicyclic) bond motifs is 1. The van der Waals surface area contributed by atoms with Crippen molar-refractivity contribution in [2.75, 3.05) is 11.1 Å². The number of nitrogens with one attached hydrogen (secondary N) is 1. The monoisotopic (exact) mass is 320 g/mol. The van der Waals surface area contributed by atoms with E-state index >= 15 is 0 Å². The summed E-state index contributed by atoms with van der Waals surface area (Å²) in [4.78, 5) is 13.0.